The van der Waals surface area contributed by atoms with Gasteiger partial charge in [-0.1, -0.05) is 24.3 Å². The summed E-state index contributed by atoms with van der Waals surface area (Å²) in [5.74, 6) is -0.360. The number of hydrogen-bond donors (Lipinski definition) is 1. The second kappa shape index (κ2) is 7.02. The van der Waals surface area contributed by atoms with Crippen LogP contribution in [0.3, 0.4) is 0 Å². The fourth-order valence-electron chi connectivity index (χ4n) is 2.64. The lowest BCUT2D eigenvalue weighted by Crippen LogP contribution is -2.14. The molecule has 1 N–H and O–H groups in total. The molecule has 0 radical (unpaired) electrons. The van der Waals surface area contributed by atoms with Crippen molar-refractivity contribution in [2.24, 2.45) is 0 Å². The number of Topliss-reactive ketones (excluding diaryl/α,β-unsaturated/α-hetero) is 1. The van der Waals surface area contributed by atoms with Crippen LogP contribution in [0.1, 0.15) is 23.1 Å². The first-order valence-corrected chi connectivity index (χ1v) is 7.83. The molecular weight excluding hydrogens is 318 g/mol. The number of carbonyl (C=O) groups excluding carboxylic acids is 1. The predicted octanol–water partition coefficient (Wildman–Crippen LogP) is 3.11. The standard InChI is InChI=1S/C20H15NO4/c21-12-14-7-5-13(6-8-14)9-10-15(22)11-17-19(23)16-3-1-2-4-18(16)25-20(17)24/h1-8,23H,9-11H2. The van der Waals surface area contributed by atoms with Gasteiger partial charge in [0.15, 0.2) is 0 Å². The van der Waals surface area contributed by atoms with E-state index in [1.54, 1.807) is 48.5 Å². The van der Waals surface area contributed by atoms with E-state index in [4.69, 9.17) is 9.68 Å². The van der Waals surface area contributed by atoms with Crippen LogP contribution in [0, 0.1) is 11.3 Å². The van der Waals surface area contributed by atoms with Crippen LogP contribution in [0.5, 0.6) is 5.75 Å². The molecule has 0 bridgehead atoms. The summed E-state index contributed by atoms with van der Waals surface area (Å²) in [5.41, 5.74) is 1.08. The molecule has 0 aliphatic carbocycles. The van der Waals surface area contributed by atoms with Crippen LogP contribution >= 0.6 is 0 Å². The van der Waals surface area contributed by atoms with Gasteiger partial charge in [-0.15, -0.1) is 0 Å². The van der Waals surface area contributed by atoms with Gasteiger partial charge in [-0.2, -0.15) is 5.26 Å². The molecule has 3 rings (SSSR count). The molecule has 124 valence electrons. The Kier molecular flexibility index (Phi) is 4.62. The van der Waals surface area contributed by atoms with Crippen molar-refractivity contribution in [1.29, 1.82) is 5.26 Å². The minimum atomic E-state index is -0.692. The summed E-state index contributed by atoms with van der Waals surface area (Å²) in [7, 11) is 0. The number of nitriles is 1. The third-order valence-corrected chi connectivity index (χ3v) is 4.03. The third kappa shape index (κ3) is 3.59. The normalized spacial score (nSPS) is 10.5. The van der Waals surface area contributed by atoms with Crippen molar-refractivity contribution in [2.75, 3.05) is 0 Å². The minimum Gasteiger partial charge on any atom is -0.507 e. The van der Waals surface area contributed by atoms with E-state index in [9.17, 15) is 14.7 Å². The van der Waals surface area contributed by atoms with Gasteiger partial charge >= 0.3 is 5.63 Å². The van der Waals surface area contributed by atoms with Crippen molar-refractivity contribution >= 4 is 16.8 Å². The molecule has 2 aromatic carbocycles. The summed E-state index contributed by atoms with van der Waals surface area (Å²) < 4.78 is 5.16. The Morgan fingerprint density at radius 1 is 1.12 bits per heavy atom. The van der Waals surface area contributed by atoms with Gasteiger partial charge in [-0.25, -0.2) is 4.79 Å². The molecule has 5 heteroatoms. The predicted molar refractivity (Wildman–Crippen MR) is 92.3 cm³/mol. The van der Waals surface area contributed by atoms with Crippen molar-refractivity contribution in [3.63, 3.8) is 0 Å². The Bertz CT molecular complexity index is 1030. The summed E-state index contributed by atoms with van der Waals surface area (Å²) in [6.07, 6.45) is 0.567. The number of aryl methyl sites for hydroxylation is 1. The van der Waals surface area contributed by atoms with Gasteiger partial charge in [0.2, 0.25) is 0 Å². The second-order valence-corrected chi connectivity index (χ2v) is 5.74. The molecule has 1 aromatic heterocycles. The number of rotatable bonds is 5. The average molecular weight is 333 g/mol. The van der Waals surface area contributed by atoms with Gasteiger partial charge in [-0.05, 0) is 36.2 Å². The molecule has 0 saturated heterocycles. The van der Waals surface area contributed by atoms with Gasteiger partial charge in [-0.3, -0.25) is 4.79 Å². The Morgan fingerprint density at radius 2 is 1.84 bits per heavy atom. The van der Waals surface area contributed by atoms with Crippen LogP contribution in [-0.2, 0) is 17.6 Å². The van der Waals surface area contributed by atoms with Crippen molar-refractivity contribution in [3.8, 4) is 11.8 Å². The molecule has 0 unspecified atom stereocenters. The van der Waals surface area contributed by atoms with Crippen molar-refractivity contribution in [2.45, 2.75) is 19.3 Å². The molecule has 0 atom stereocenters. The number of hydrogen-bond acceptors (Lipinski definition) is 5. The van der Waals surface area contributed by atoms with E-state index in [-0.39, 0.29) is 29.9 Å². The highest BCUT2D eigenvalue weighted by Crippen LogP contribution is 2.26. The van der Waals surface area contributed by atoms with E-state index in [0.29, 0.717) is 23.0 Å². The summed E-state index contributed by atoms with van der Waals surface area (Å²) in [6, 6.07) is 15.7. The maximum Gasteiger partial charge on any atom is 0.343 e. The fraction of sp³-hybridized carbons (Fsp3) is 0.150. The summed E-state index contributed by atoms with van der Waals surface area (Å²) in [5, 5.41) is 19.5. The van der Waals surface area contributed by atoms with E-state index in [2.05, 4.69) is 0 Å². The summed E-state index contributed by atoms with van der Waals surface area (Å²) in [4.78, 5) is 24.2. The number of benzene rings is 2. The van der Waals surface area contributed by atoms with Gasteiger partial charge in [0, 0.05) is 12.8 Å². The first-order chi connectivity index (χ1) is 12.1. The molecule has 0 aliphatic heterocycles. The average Bonchev–Trinajstić information content (AvgIpc) is 2.64. The lowest BCUT2D eigenvalue weighted by atomic mass is 10.0. The lowest BCUT2D eigenvalue weighted by molar-refractivity contribution is -0.118. The first-order valence-electron chi connectivity index (χ1n) is 7.83. The van der Waals surface area contributed by atoms with E-state index in [0.717, 1.165) is 5.56 Å². The van der Waals surface area contributed by atoms with Crippen LogP contribution in [0.4, 0.5) is 0 Å². The highest BCUT2D eigenvalue weighted by Gasteiger charge is 2.16. The van der Waals surface area contributed by atoms with E-state index in [1.165, 1.54) is 0 Å². The second-order valence-electron chi connectivity index (χ2n) is 5.74. The van der Waals surface area contributed by atoms with Gasteiger partial charge in [0.1, 0.15) is 17.1 Å². The zero-order valence-corrected chi connectivity index (χ0v) is 13.4. The zero-order chi connectivity index (χ0) is 17.8. The number of carbonyl (C=O) groups is 1. The smallest absolute Gasteiger partial charge is 0.343 e. The highest BCUT2D eigenvalue weighted by atomic mass is 16.4. The number of para-hydroxylation sites is 1. The third-order valence-electron chi connectivity index (χ3n) is 4.03. The summed E-state index contributed by atoms with van der Waals surface area (Å²) in [6.45, 7) is 0. The zero-order valence-electron chi connectivity index (χ0n) is 13.4. The lowest BCUT2D eigenvalue weighted by Gasteiger charge is -2.06. The van der Waals surface area contributed by atoms with Gasteiger partial charge in [0.25, 0.3) is 0 Å². The molecule has 0 amide bonds. The van der Waals surface area contributed by atoms with Crippen LogP contribution in [0.15, 0.2) is 57.7 Å². The number of ketones is 1. The molecule has 0 fully saturated rings. The molecule has 0 aliphatic rings. The molecular formula is C20H15NO4. The van der Waals surface area contributed by atoms with Crippen molar-refractivity contribution in [1.82, 2.24) is 0 Å². The monoisotopic (exact) mass is 333 g/mol. The van der Waals surface area contributed by atoms with Crippen LogP contribution < -0.4 is 5.63 Å². The number of nitrogens with zero attached hydrogens (tertiary/aromatic N) is 1. The molecule has 3 aromatic rings. The Hall–Kier alpha value is -3.39. The first kappa shape index (κ1) is 16.5. The topological polar surface area (TPSA) is 91.3 Å². The maximum atomic E-state index is 12.2. The quantitative estimate of drug-likeness (QED) is 0.724. The largest absolute Gasteiger partial charge is 0.507 e. The Labute approximate surface area is 143 Å². The van der Waals surface area contributed by atoms with Crippen molar-refractivity contribution in [3.05, 3.63) is 75.6 Å². The molecule has 0 saturated carbocycles. The summed E-state index contributed by atoms with van der Waals surface area (Å²) >= 11 is 0. The van der Waals surface area contributed by atoms with E-state index >= 15 is 0 Å². The molecule has 5 nitrogen and oxygen atoms in total. The van der Waals surface area contributed by atoms with Crippen LogP contribution in [-0.4, -0.2) is 10.9 Å². The Morgan fingerprint density at radius 3 is 2.56 bits per heavy atom. The maximum absolute atomic E-state index is 12.2. The Balaban J connectivity index is 1.73. The van der Waals surface area contributed by atoms with Crippen molar-refractivity contribution < 1.29 is 14.3 Å². The van der Waals surface area contributed by atoms with Crippen LogP contribution in [0.25, 0.3) is 11.0 Å². The van der Waals surface area contributed by atoms with Gasteiger partial charge in [0.05, 0.1) is 22.6 Å². The molecule has 25 heavy (non-hydrogen) atoms. The van der Waals surface area contributed by atoms with Crippen LogP contribution in [0.2, 0.25) is 0 Å². The fourth-order valence-corrected chi connectivity index (χ4v) is 2.64. The SMILES string of the molecule is N#Cc1ccc(CCC(=O)Cc2c(O)c3ccccc3oc2=O)cc1. The van der Waals surface area contributed by atoms with E-state index < -0.39 is 5.63 Å². The number of aromatic hydroxyl groups is 1. The number of fused-ring (bicyclic) bond motifs is 1. The van der Waals surface area contributed by atoms with E-state index in [1.807, 2.05) is 6.07 Å². The van der Waals surface area contributed by atoms with Gasteiger partial charge < -0.3 is 9.52 Å². The molecule has 0 spiro atoms. The highest BCUT2D eigenvalue weighted by molar-refractivity contribution is 5.87. The minimum absolute atomic E-state index is 0.0106. The molecule has 1 heterocycles.